The molecular weight excluding hydrogens is 186 g/mol. The number of aromatic nitrogens is 1. The fraction of sp³-hybridized carbons (Fsp3) is 0.444. The maximum atomic E-state index is 5.32. The minimum atomic E-state index is 0.539. The molecule has 0 atom stereocenters. The van der Waals surface area contributed by atoms with Gasteiger partial charge in [0.05, 0.1) is 24.5 Å². The van der Waals surface area contributed by atoms with Gasteiger partial charge in [0.1, 0.15) is 0 Å². The molecule has 0 aliphatic heterocycles. The summed E-state index contributed by atoms with van der Waals surface area (Å²) in [6, 6.07) is 0. The first kappa shape index (κ1) is 10.3. The van der Waals surface area contributed by atoms with Gasteiger partial charge in [0.15, 0.2) is 5.09 Å². The smallest absolute Gasteiger partial charge is 0.198 e. The Bertz CT molecular complexity index is 283. The number of aryl methyl sites for hydroxylation is 1. The molecule has 72 valence electrons. The van der Waals surface area contributed by atoms with Crippen LogP contribution in [0.2, 0.25) is 0 Å². The molecule has 0 spiro atoms. The highest BCUT2D eigenvalue weighted by Crippen LogP contribution is 2.23. The average molecular weight is 199 g/mol. The van der Waals surface area contributed by atoms with Gasteiger partial charge in [0.25, 0.3) is 0 Å². The highest BCUT2D eigenvalue weighted by Gasteiger charge is 2.11. The molecule has 0 N–H and O–H groups in total. The number of nitrogens with zero attached hydrogens (tertiary/aromatic N) is 1. The molecule has 0 radical (unpaired) electrons. The van der Waals surface area contributed by atoms with Crippen LogP contribution in [0.1, 0.15) is 11.3 Å². The second-order valence-corrected chi connectivity index (χ2v) is 3.32. The Morgan fingerprint density at radius 2 is 2.46 bits per heavy atom. The number of ether oxygens (including phenoxy) is 1. The van der Waals surface area contributed by atoms with E-state index in [1.165, 1.54) is 11.8 Å². The van der Waals surface area contributed by atoms with E-state index in [1.54, 1.807) is 6.08 Å². The molecule has 0 aliphatic carbocycles. The monoisotopic (exact) mass is 199 g/mol. The number of hydrogen-bond acceptors (Lipinski definition) is 4. The van der Waals surface area contributed by atoms with Crippen molar-refractivity contribution < 1.29 is 9.26 Å². The van der Waals surface area contributed by atoms with Gasteiger partial charge >= 0.3 is 0 Å². The summed E-state index contributed by atoms with van der Waals surface area (Å²) in [7, 11) is 0. The SMILES string of the molecule is C=CCOCc1c(C)noc1SC. The Labute approximate surface area is 82.1 Å². The highest BCUT2D eigenvalue weighted by molar-refractivity contribution is 7.98. The maximum Gasteiger partial charge on any atom is 0.198 e. The van der Waals surface area contributed by atoms with E-state index in [0.717, 1.165) is 16.3 Å². The Morgan fingerprint density at radius 1 is 1.69 bits per heavy atom. The molecule has 0 saturated carbocycles. The van der Waals surface area contributed by atoms with E-state index < -0.39 is 0 Å². The van der Waals surface area contributed by atoms with Crippen molar-refractivity contribution in [2.24, 2.45) is 0 Å². The molecule has 0 saturated heterocycles. The third-order valence-electron chi connectivity index (χ3n) is 1.62. The minimum Gasteiger partial charge on any atom is -0.372 e. The van der Waals surface area contributed by atoms with Crippen molar-refractivity contribution in [2.75, 3.05) is 12.9 Å². The van der Waals surface area contributed by atoms with Gasteiger partial charge < -0.3 is 9.26 Å². The zero-order valence-corrected chi connectivity index (χ0v) is 8.69. The van der Waals surface area contributed by atoms with Crippen LogP contribution in [0.5, 0.6) is 0 Å². The van der Waals surface area contributed by atoms with E-state index in [0.29, 0.717) is 13.2 Å². The molecule has 0 unspecified atom stereocenters. The summed E-state index contributed by atoms with van der Waals surface area (Å²) >= 11 is 1.54. The molecule has 1 aromatic heterocycles. The molecule has 4 heteroatoms. The van der Waals surface area contributed by atoms with Gasteiger partial charge in [0.2, 0.25) is 0 Å². The highest BCUT2D eigenvalue weighted by atomic mass is 32.2. The quantitative estimate of drug-likeness (QED) is 0.414. The number of thioether (sulfide) groups is 1. The zero-order chi connectivity index (χ0) is 9.68. The van der Waals surface area contributed by atoms with Gasteiger partial charge in [-0.1, -0.05) is 23.0 Å². The first-order chi connectivity index (χ1) is 6.29. The van der Waals surface area contributed by atoms with Crippen LogP contribution < -0.4 is 0 Å². The Morgan fingerprint density at radius 3 is 3.08 bits per heavy atom. The molecule has 0 fully saturated rings. The van der Waals surface area contributed by atoms with E-state index in [-0.39, 0.29) is 0 Å². The van der Waals surface area contributed by atoms with Gasteiger partial charge in [0, 0.05) is 0 Å². The first-order valence-electron chi connectivity index (χ1n) is 3.97. The van der Waals surface area contributed by atoms with Crippen molar-refractivity contribution in [1.82, 2.24) is 5.16 Å². The normalized spacial score (nSPS) is 10.3. The molecule has 0 bridgehead atoms. The van der Waals surface area contributed by atoms with Crippen LogP contribution in [0.15, 0.2) is 22.3 Å². The van der Waals surface area contributed by atoms with Crippen molar-refractivity contribution >= 4 is 11.8 Å². The van der Waals surface area contributed by atoms with E-state index in [4.69, 9.17) is 9.26 Å². The van der Waals surface area contributed by atoms with Crippen LogP contribution in [0.4, 0.5) is 0 Å². The summed E-state index contributed by atoms with van der Waals surface area (Å²) in [4.78, 5) is 0. The van der Waals surface area contributed by atoms with Crippen molar-refractivity contribution in [3.8, 4) is 0 Å². The summed E-state index contributed by atoms with van der Waals surface area (Å²) in [6.45, 7) is 6.58. The van der Waals surface area contributed by atoms with Crippen molar-refractivity contribution in [3.63, 3.8) is 0 Å². The van der Waals surface area contributed by atoms with Crippen molar-refractivity contribution in [1.29, 1.82) is 0 Å². The molecular formula is C9H13NO2S. The topological polar surface area (TPSA) is 35.3 Å². The fourth-order valence-electron chi connectivity index (χ4n) is 0.936. The third-order valence-corrected chi connectivity index (χ3v) is 2.31. The van der Waals surface area contributed by atoms with Crippen LogP contribution in [0, 0.1) is 6.92 Å². The van der Waals surface area contributed by atoms with Crippen molar-refractivity contribution in [2.45, 2.75) is 18.6 Å². The van der Waals surface area contributed by atoms with Gasteiger partial charge in [-0.2, -0.15) is 0 Å². The van der Waals surface area contributed by atoms with Gasteiger partial charge in [-0.25, -0.2) is 0 Å². The lowest BCUT2D eigenvalue weighted by atomic mass is 10.3. The van der Waals surface area contributed by atoms with E-state index in [2.05, 4.69) is 11.7 Å². The second-order valence-electron chi connectivity index (χ2n) is 2.54. The average Bonchev–Trinajstić information content (AvgIpc) is 2.48. The summed E-state index contributed by atoms with van der Waals surface area (Å²) in [5, 5.41) is 4.70. The molecule has 1 rings (SSSR count). The molecule has 13 heavy (non-hydrogen) atoms. The van der Waals surface area contributed by atoms with E-state index >= 15 is 0 Å². The molecule has 1 heterocycles. The summed E-state index contributed by atoms with van der Waals surface area (Å²) in [6.07, 6.45) is 3.68. The zero-order valence-electron chi connectivity index (χ0n) is 7.87. The van der Waals surface area contributed by atoms with Crippen LogP contribution in [-0.2, 0) is 11.3 Å². The molecule has 1 aromatic rings. The Kier molecular flexibility index (Phi) is 4.05. The molecule has 0 amide bonds. The standard InChI is InChI=1S/C9H13NO2S/c1-4-5-11-6-8-7(2)10-12-9(8)13-3/h4H,1,5-6H2,2-3H3. The summed E-state index contributed by atoms with van der Waals surface area (Å²) < 4.78 is 10.4. The van der Waals surface area contributed by atoms with Crippen molar-refractivity contribution in [3.05, 3.63) is 23.9 Å². The van der Waals surface area contributed by atoms with Crippen LogP contribution >= 0.6 is 11.8 Å². The fourth-order valence-corrected chi connectivity index (χ4v) is 1.50. The van der Waals surface area contributed by atoms with E-state index in [9.17, 15) is 0 Å². The minimum absolute atomic E-state index is 0.539. The van der Waals surface area contributed by atoms with Crippen LogP contribution in [0.25, 0.3) is 0 Å². The largest absolute Gasteiger partial charge is 0.372 e. The van der Waals surface area contributed by atoms with Gasteiger partial charge in [-0.05, 0) is 13.2 Å². The van der Waals surface area contributed by atoms with Crippen LogP contribution in [0.3, 0.4) is 0 Å². The molecule has 0 aliphatic rings. The first-order valence-corrected chi connectivity index (χ1v) is 5.19. The lowest BCUT2D eigenvalue weighted by molar-refractivity contribution is 0.145. The predicted octanol–water partition coefficient (Wildman–Crippen LogP) is 2.41. The number of rotatable bonds is 5. The van der Waals surface area contributed by atoms with Gasteiger partial charge in [-0.15, -0.1) is 6.58 Å². The lowest BCUT2D eigenvalue weighted by Crippen LogP contribution is -1.94. The predicted molar refractivity (Wildman–Crippen MR) is 52.9 cm³/mol. The summed E-state index contributed by atoms with van der Waals surface area (Å²) in [5.41, 5.74) is 1.93. The molecule has 0 aromatic carbocycles. The van der Waals surface area contributed by atoms with E-state index in [1.807, 2.05) is 13.2 Å². The summed E-state index contributed by atoms with van der Waals surface area (Å²) in [5.74, 6) is 0. The Balaban J connectivity index is 2.62. The maximum absolute atomic E-state index is 5.32. The van der Waals surface area contributed by atoms with Gasteiger partial charge in [-0.3, -0.25) is 0 Å². The number of hydrogen-bond donors (Lipinski definition) is 0. The molecule has 3 nitrogen and oxygen atoms in total. The Hall–Kier alpha value is -0.740. The second kappa shape index (κ2) is 5.09. The lowest BCUT2D eigenvalue weighted by Gasteiger charge is -1.99. The van der Waals surface area contributed by atoms with Crippen LogP contribution in [-0.4, -0.2) is 18.0 Å². The third kappa shape index (κ3) is 2.60.